The summed E-state index contributed by atoms with van der Waals surface area (Å²) in [6.07, 6.45) is -2.15. The van der Waals surface area contributed by atoms with Crippen molar-refractivity contribution in [2.75, 3.05) is 13.2 Å². The number of likely N-dealkylation sites (tertiary alicyclic amines) is 1. The lowest BCUT2D eigenvalue weighted by atomic mass is 9.90. The Morgan fingerprint density at radius 3 is 2.47 bits per heavy atom. The Labute approximate surface area is 198 Å². The van der Waals surface area contributed by atoms with Crippen LogP contribution >= 0.6 is 0 Å². The minimum Gasteiger partial charge on any atom is -0.474 e. The SMILES string of the molecule is CCC1CC(NC(=O)C(C)(C)COc2ncccc2OC(F)(F)F)CCN1C(=O)OC(C)(C)C. The number of carbonyl (C=O) groups excluding carboxylic acids is 2. The number of nitrogens with zero attached hydrogens (tertiary/aromatic N) is 2. The second-order valence-corrected chi connectivity index (χ2v) is 9.96. The van der Waals surface area contributed by atoms with E-state index in [1.165, 1.54) is 12.3 Å². The second-order valence-electron chi connectivity index (χ2n) is 9.96. The molecule has 8 nitrogen and oxygen atoms in total. The van der Waals surface area contributed by atoms with Crippen LogP contribution in [0.25, 0.3) is 0 Å². The van der Waals surface area contributed by atoms with Crippen molar-refractivity contribution in [2.24, 2.45) is 5.41 Å². The molecule has 1 aliphatic rings. The summed E-state index contributed by atoms with van der Waals surface area (Å²) in [7, 11) is 0. The fraction of sp³-hybridized carbons (Fsp3) is 0.696. The molecule has 1 N–H and O–H groups in total. The first-order chi connectivity index (χ1) is 15.6. The van der Waals surface area contributed by atoms with Gasteiger partial charge in [0, 0.05) is 24.8 Å². The van der Waals surface area contributed by atoms with E-state index in [0.29, 0.717) is 25.8 Å². The van der Waals surface area contributed by atoms with Crippen molar-refractivity contribution in [3.63, 3.8) is 0 Å². The summed E-state index contributed by atoms with van der Waals surface area (Å²) in [6.45, 7) is 10.9. The van der Waals surface area contributed by atoms with Crippen LogP contribution in [0.3, 0.4) is 0 Å². The van der Waals surface area contributed by atoms with E-state index in [9.17, 15) is 22.8 Å². The zero-order valence-electron chi connectivity index (χ0n) is 20.5. The zero-order chi connectivity index (χ0) is 25.7. The summed E-state index contributed by atoms with van der Waals surface area (Å²) >= 11 is 0. The molecule has 2 unspecified atom stereocenters. The van der Waals surface area contributed by atoms with Gasteiger partial charge in [-0.1, -0.05) is 6.92 Å². The Morgan fingerprint density at radius 2 is 1.88 bits per heavy atom. The highest BCUT2D eigenvalue weighted by Gasteiger charge is 2.37. The van der Waals surface area contributed by atoms with Crippen LogP contribution in [0.4, 0.5) is 18.0 Å². The Bertz CT molecular complexity index is 855. The Hall–Kier alpha value is -2.72. The van der Waals surface area contributed by atoms with Crippen molar-refractivity contribution in [1.82, 2.24) is 15.2 Å². The molecule has 1 fully saturated rings. The van der Waals surface area contributed by atoms with Crippen LogP contribution in [0.1, 0.15) is 60.8 Å². The first-order valence-corrected chi connectivity index (χ1v) is 11.3. The molecular formula is C23H34F3N3O5. The highest BCUT2D eigenvalue weighted by molar-refractivity contribution is 5.82. The third-order valence-electron chi connectivity index (χ3n) is 5.30. The molecule has 34 heavy (non-hydrogen) atoms. The number of aromatic nitrogens is 1. The molecule has 0 spiro atoms. The van der Waals surface area contributed by atoms with Crippen molar-refractivity contribution >= 4 is 12.0 Å². The zero-order valence-corrected chi connectivity index (χ0v) is 20.5. The highest BCUT2D eigenvalue weighted by Crippen LogP contribution is 2.31. The average molecular weight is 490 g/mol. The van der Waals surface area contributed by atoms with Gasteiger partial charge in [-0.2, -0.15) is 0 Å². The number of halogens is 3. The van der Waals surface area contributed by atoms with Gasteiger partial charge in [-0.15, -0.1) is 13.2 Å². The van der Waals surface area contributed by atoms with E-state index in [4.69, 9.17) is 9.47 Å². The molecule has 2 heterocycles. The molecule has 1 aliphatic heterocycles. The van der Waals surface area contributed by atoms with Crippen LogP contribution in [0.15, 0.2) is 18.3 Å². The Morgan fingerprint density at radius 1 is 1.21 bits per heavy atom. The van der Waals surface area contributed by atoms with E-state index in [1.54, 1.807) is 18.7 Å². The van der Waals surface area contributed by atoms with E-state index in [0.717, 1.165) is 6.07 Å². The number of alkyl halides is 3. The first kappa shape index (κ1) is 27.5. The van der Waals surface area contributed by atoms with Crippen molar-refractivity contribution in [2.45, 2.75) is 84.9 Å². The molecule has 0 radical (unpaired) electrons. The van der Waals surface area contributed by atoms with Gasteiger partial charge in [-0.25, -0.2) is 9.78 Å². The number of carbonyl (C=O) groups is 2. The summed E-state index contributed by atoms with van der Waals surface area (Å²) in [5.41, 5.74) is -1.65. The van der Waals surface area contributed by atoms with Gasteiger partial charge in [0.05, 0.1) is 5.41 Å². The fourth-order valence-corrected chi connectivity index (χ4v) is 3.51. The molecule has 2 rings (SSSR count). The quantitative estimate of drug-likeness (QED) is 0.598. The van der Waals surface area contributed by atoms with Gasteiger partial charge in [0.25, 0.3) is 5.88 Å². The van der Waals surface area contributed by atoms with Crippen molar-refractivity contribution in [1.29, 1.82) is 0 Å². The van der Waals surface area contributed by atoms with Gasteiger partial charge >= 0.3 is 12.5 Å². The average Bonchev–Trinajstić information content (AvgIpc) is 2.70. The van der Waals surface area contributed by atoms with Crippen molar-refractivity contribution < 1.29 is 37.0 Å². The van der Waals surface area contributed by atoms with E-state index in [2.05, 4.69) is 15.0 Å². The summed E-state index contributed by atoms with van der Waals surface area (Å²) in [6, 6.07) is 2.14. The molecule has 0 aliphatic carbocycles. The highest BCUT2D eigenvalue weighted by atomic mass is 19.4. The summed E-state index contributed by atoms with van der Waals surface area (Å²) in [5, 5.41) is 2.99. The standard InChI is InChI=1S/C23H34F3N3O5/c1-7-16-13-15(10-12-29(16)20(31)34-21(2,3)4)28-19(30)22(5,6)14-32-18-17(9-8-11-27-18)33-23(24,25)26/h8-9,11,15-16H,7,10,12-14H2,1-6H3,(H,28,30). The van der Waals surface area contributed by atoms with Crippen LogP contribution < -0.4 is 14.8 Å². The number of piperidine rings is 1. The lowest BCUT2D eigenvalue weighted by molar-refractivity contribution is -0.275. The van der Waals surface area contributed by atoms with Gasteiger partial charge in [0.15, 0.2) is 5.75 Å². The fourth-order valence-electron chi connectivity index (χ4n) is 3.51. The minimum atomic E-state index is -4.89. The first-order valence-electron chi connectivity index (χ1n) is 11.3. The molecule has 0 bridgehead atoms. The lowest BCUT2D eigenvalue weighted by Gasteiger charge is -2.40. The van der Waals surface area contributed by atoms with Crippen LogP contribution in [0.2, 0.25) is 0 Å². The molecule has 1 aromatic rings. The third kappa shape index (κ3) is 8.25. The molecule has 2 atom stereocenters. The van der Waals surface area contributed by atoms with Crippen LogP contribution in [0.5, 0.6) is 11.6 Å². The summed E-state index contributed by atoms with van der Waals surface area (Å²) < 4.78 is 52.7. The Kier molecular flexibility index (Phi) is 8.65. The van der Waals surface area contributed by atoms with Gasteiger partial charge < -0.3 is 24.4 Å². The largest absolute Gasteiger partial charge is 0.573 e. The lowest BCUT2D eigenvalue weighted by Crippen LogP contribution is -2.54. The molecule has 2 amide bonds. The number of nitrogens with one attached hydrogen (secondary N) is 1. The predicted octanol–water partition coefficient (Wildman–Crippen LogP) is 4.68. The van der Waals surface area contributed by atoms with Crippen molar-refractivity contribution in [3.05, 3.63) is 18.3 Å². The topological polar surface area (TPSA) is 90.0 Å². The molecule has 0 aromatic carbocycles. The van der Waals surface area contributed by atoms with E-state index >= 15 is 0 Å². The molecule has 1 aromatic heterocycles. The number of ether oxygens (including phenoxy) is 3. The summed E-state index contributed by atoms with van der Waals surface area (Å²) in [4.78, 5) is 30.9. The number of rotatable bonds is 7. The number of hydrogen-bond acceptors (Lipinski definition) is 6. The molecule has 0 saturated carbocycles. The van der Waals surface area contributed by atoms with Gasteiger partial charge in [-0.05, 0) is 66.0 Å². The van der Waals surface area contributed by atoms with Crippen LogP contribution in [-0.4, -0.2) is 59.1 Å². The van der Waals surface area contributed by atoms with Crippen molar-refractivity contribution in [3.8, 4) is 11.6 Å². The molecule has 1 saturated heterocycles. The number of hydrogen-bond donors (Lipinski definition) is 1. The van der Waals surface area contributed by atoms with Gasteiger partial charge in [0.1, 0.15) is 12.2 Å². The monoisotopic (exact) mass is 489 g/mol. The minimum absolute atomic E-state index is 0.0798. The smallest absolute Gasteiger partial charge is 0.474 e. The van der Waals surface area contributed by atoms with E-state index in [-0.39, 0.29) is 36.6 Å². The number of amides is 2. The normalized spacial score (nSPS) is 19.4. The maximum absolute atomic E-state index is 12.9. The Balaban J connectivity index is 1.96. The number of pyridine rings is 1. The van der Waals surface area contributed by atoms with Crippen LogP contribution in [-0.2, 0) is 9.53 Å². The van der Waals surface area contributed by atoms with E-state index in [1.807, 2.05) is 27.7 Å². The maximum atomic E-state index is 12.9. The maximum Gasteiger partial charge on any atom is 0.573 e. The molecular weight excluding hydrogens is 455 g/mol. The van der Waals surface area contributed by atoms with E-state index < -0.39 is 23.1 Å². The van der Waals surface area contributed by atoms with Gasteiger partial charge in [-0.3, -0.25) is 4.79 Å². The second kappa shape index (κ2) is 10.7. The predicted molar refractivity (Wildman–Crippen MR) is 118 cm³/mol. The molecule has 11 heteroatoms. The van der Waals surface area contributed by atoms with Crippen LogP contribution in [0, 0.1) is 5.41 Å². The summed E-state index contributed by atoms with van der Waals surface area (Å²) in [5.74, 6) is -1.24. The third-order valence-corrected chi connectivity index (χ3v) is 5.30. The van der Waals surface area contributed by atoms with Gasteiger partial charge in [0.2, 0.25) is 5.91 Å². The molecule has 192 valence electrons.